The molecule has 4 amide bonds. The molecule has 0 saturated heterocycles. The number of nitrogens with zero attached hydrogens (tertiary/aromatic N) is 6. The van der Waals surface area contributed by atoms with E-state index in [4.69, 9.17) is 4.84 Å². The number of amides is 4. The zero-order valence-electron chi connectivity index (χ0n) is 30.4. The Bertz CT molecular complexity index is 1640. The molecule has 0 saturated carbocycles. The summed E-state index contributed by atoms with van der Waals surface area (Å²) in [4.78, 5) is 83.4. The van der Waals surface area contributed by atoms with Crippen LogP contribution < -0.4 is 15.5 Å². The SMILES string of the molecule is CN(C)CCNC(=O)c1cccnc1C(=O)N(C)CCCNC(=O)[C@H](CC(=O)On1c(O)ccc1O)N(C)C(=O)CCCCCSSc1ccccn1. The standard InChI is InChI=1S/C35H48N8O8S2/c1-40(2)22-20-39-33(48)25-12-10-18-37-32(25)35(50)41(3)21-11-19-38-34(49)26(24-31(47)51-43-29(45)15-16-30(43)46)42(4)28(44)14-6-5-9-23-52-53-27-13-7-8-17-36-27/h7-8,10,12-13,15-18,26,45-46H,5-6,9,11,14,19-24H2,1-4H3,(H,38,49)(H,39,48)/t26-/m0/s1. The molecule has 0 aliphatic heterocycles. The smallest absolute Gasteiger partial charge is 0.335 e. The van der Waals surface area contributed by atoms with Crippen molar-refractivity contribution in [2.24, 2.45) is 0 Å². The number of aromatic nitrogens is 3. The van der Waals surface area contributed by atoms with Crippen molar-refractivity contribution in [2.45, 2.75) is 49.6 Å². The Morgan fingerprint density at radius 1 is 0.849 bits per heavy atom. The molecular formula is C35H48N8O8S2. The molecule has 1 atom stereocenters. The van der Waals surface area contributed by atoms with Crippen molar-refractivity contribution in [3.63, 3.8) is 0 Å². The van der Waals surface area contributed by atoms with Gasteiger partial charge in [0.25, 0.3) is 11.8 Å². The largest absolute Gasteiger partial charge is 0.492 e. The predicted molar refractivity (Wildman–Crippen MR) is 201 cm³/mol. The van der Waals surface area contributed by atoms with Crippen molar-refractivity contribution >= 4 is 51.2 Å². The minimum atomic E-state index is -1.26. The lowest BCUT2D eigenvalue weighted by Gasteiger charge is -2.27. The molecule has 3 heterocycles. The Morgan fingerprint density at radius 3 is 2.28 bits per heavy atom. The minimum absolute atomic E-state index is 0.00185. The normalized spacial score (nSPS) is 11.5. The zero-order valence-corrected chi connectivity index (χ0v) is 32.0. The molecule has 3 rings (SSSR count). The van der Waals surface area contributed by atoms with Crippen molar-refractivity contribution in [1.82, 2.24) is 40.0 Å². The number of rotatable bonds is 22. The first-order chi connectivity index (χ1) is 25.4. The predicted octanol–water partition coefficient (Wildman–Crippen LogP) is 2.43. The fourth-order valence-corrected chi connectivity index (χ4v) is 6.86. The van der Waals surface area contributed by atoms with Gasteiger partial charge in [0.1, 0.15) is 16.8 Å². The summed E-state index contributed by atoms with van der Waals surface area (Å²) in [6, 6.07) is 9.82. The van der Waals surface area contributed by atoms with E-state index in [-0.39, 0.29) is 36.7 Å². The lowest BCUT2D eigenvalue weighted by Crippen LogP contribution is -2.49. The van der Waals surface area contributed by atoms with Gasteiger partial charge in [-0.3, -0.25) is 24.2 Å². The van der Waals surface area contributed by atoms with Crippen LogP contribution in [-0.4, -0.2) is 135 Å². The summed E-state index contributed by atoms with van der Waals surface area (Å²) in [6.45, 7) is 1.31. The third-order valence-corrected chi connectivity index (χ3v) is 10.2. The Kier molecular flexibility index (Phi) is 17.9. The van der Waals surface area contributed by atoms with Gasteiger partial charge in [0.2, 0.25) is 23.6 Å². The van der Waals surface area contributed by atoms with E-state index < -0.39 is 47.9 Å². The Morgan fingerprint density at radius 2 is 1.58 bits per heavy atom. The van der Waals surface area contributed by atoms with Crippen LogP contribution in [-0.2, 0) is 14.4 Å². The number of carbonyl (C=O) groups excluding carboxylic acids is 5. The monoisotopic (exact) mass is 772 g/mol. The van der Waals surface area contributed by atoms with Crippen LogP contribution in [0.1, 0.15) is 59.4 Å². The molecule has 0 aromatic carbocycles. The second-order valence-corrected chi connectivity index (χ2v) is 14.7. The van der Waals surface area contributed by atoms with Crippen LogP contribution in [0.15, 0.2) is 59.9 Å². The topological polar surface area (TPSA) is 200 Å². The molecular weight excluding hydrogens is 725 g/mol. The summed E-state index contributed by atoms with van der Waals surface area (Å²) < 4.78 is 0.510. The summed E-state index contributed by atoms with van der Waals surface area (Å²) >= 11 is 0. The minimum Gasteiger partial charge on any atom is -0.492 e. The van der Waals surface area contributed by atoms with E-state index in [1.165, 1.54) is 29.1 Å². The van der Waals surface area contributed by atoms with Gasteiger partial charge in [-0.1, -0.05) is 23.3 Å². The summed E-state index contributed by atoms with van der Waals surface area (Å²) in [6.07, 6.45) is 5.32. The van der Waals surface area contributed by atoms with Crippen LogP contribution in [0.3, 0.4) is 0 Å². The summed E-state index contributed by atoms with van der Waals surface area (Å²) in [5.41, 5.74) is 0.154. The fourth-order valence-electron chi connectivity index (χ4n) is 4.84. The number of aromatic hydroxyl groups is 2. The van der Waals surface area contributed by atoms with E-state index in [0.717, 1.165) is 35.8 Å². The molecule has 0 aliphatic carbocycles. The molecule has 0 spiro atoms. The molecule has 3 aromatic heterocycles. The van der Waals surface area contributed by atoms with Gasteiger partial charge in [-0.15, -0.1) is 4.73 Å². The second-order valence-electron chi connectivity index (χ2n) is 12.2. The van der Waals surface area contributed by atoms with E-state index in [1.54, 1.807) is 40.9 Å². The molecule has 288 valence electrons. The quantitative estimate of drug-likeness (QED) is 0.0859. The number of carbonyl (C=O) groups is 5. The van der Waals surface area contributed by atoms with Crippen LogP contribution in [0.25, 0.3) is 0 Å². The molecule has 53 heavy (non-hydrogen) atoms. The highest BCUT2D eigenvalue weighted by atomic mass is 33.1. The number of likely N-dealkylation sites (N-methyl/N-ethyl adjacent to an activating group) is 2. The third-order valence-electron chi connectivity index (χ3n) is 7.83. The maximum atomic E-state index is 13.4. The van der Waals surface area contributed by atoms with Gasteiger partial charge in [0, 0.05) is 77.0 Å². The highest BCUT2D eigenvalue weighted by molar-refractivity contribution is 8.76. The molecule has 0 aliphatic rings. The van der Waals surface area contributed by atoms with E-state index in [9.17, 15) is 34.2 Å². The van der Waals surface area contributed by atoms with Crippen molar-refractivity contribution in [1.29, 1.82) is 0 Å². The van der Waals surface area contributed by atoms with Crippen LogP contribution in [0.2, 0.25) is 0 Å². The van der Waals surface area contributed by atoms with Crippen molar-refractivity contribution in [3.8, 4) is 11.8 Å². The lowest BCUT2D eigenvalue weighted by molar-refractivity contribution is -0.150. The van der Waals surface area contributed by atoms with Crippen molar-refractivity contribution in [2.75, 3.05) is 60.1 Å². The number of hydrogen-bond acceptors (Lipinski definition) is 13. The third kappa shape index (κ3) is 14.3. The highest BCUT2D eigenvalue weighted by Gasteiger charge is 2.31. The first-order valence-corrected chi connectivity index (χ1v) is 19.4. The lowest BCUT2D eigenvalue weighted by atomic mass is 10.1. The van der Waals surface area contributed by atoms with Crippen LogP contribution in [0, 0.1) is 0 Å². The summed E-state index contributed by atoms with van der Waals surface area (Å²) in [5, 5.41) is 26.2. The van der Waals surface area contributed by atoms with Crippen LogP contribution in [0.5, 0.6) is 11.8 Å². The maximum absolute atomic E-state index is 13.4. The Balaban J connectivity index is 1.53. The Hall–Kier alpha value is -4.81. The van der Waals surface area contributed by atoms with E-state index >= 15 is 0 Å². The van der Waals surface area contributed by atoms with Gasteiger partial charge in [-0.25, -0.2) is 9.78 Å². The summed E-state index contributed by atoms with van der Waals surface area (Å²) in [7, 11) is 10.0. The molecule has 18 heteroatoms. The van der Waals surface area contributed by atoms with E-state index in [0.29, 0.717) is 30.7 Å². The number of unbranched alkanes of at least 4 members (excludes halogenated alkanes) is 2. The average Bonchev–Trinajstić information content (AvgIpc) is 3.46. The number of pyridine rings is 2. The molecule has 0 bridgehead atoms. The average molecular weight is 773 g/mol. The number of nitrogens with one attached hydrogen (secondary N) is 2. The van der Waals surface area contributed by atoms with Gasteiger partial charge in [0.15, 0.2) is 0 Å². The van der Waals surface area contributed by atoms with Gasteiger partial charge in [-0.2, -0.15) is 0 Å². The highest BCUT2D eigenvalue weighted by Crippen LogP contribution is 2.30. The molecule has 16 nitrogen and oxygen atoms in total. The summed E-state index contributed by atoms with van der Waals surface area (Å²) in [5.74, 6) is -3.02. The van der Waals surface area contributed by atoms with Crippen LogP contribution >= 0.6 is 21.6 Å². The zero-order chi connectivity index (χ0) is 38.8. The fraction of sp³-hybridized carbons (Fsp3) is 0.457. The van der Waals surface area contributed by atoms with Crippen molar-refractivity contribution < 1.29 is 39.0 Å². The van der Waals surface area contributed by atoms with Gasteiger partial charge < -0.3 is 40.4 Å². The molecule has 3 aromatic rings. The van der Waals surface area contributed by atoms with Gasteiger partial charge in [-0.05, 0) is 68.4 Å². The van der Waals surface area contributed by atoms with Gasteiger partial charge in [0.05, 0.1) is 12.0 Å². The van der Waals surface area contributed by atoms with E-state index in [1.807, 2.05) is 37.2 Å². The number of hydrogen-bond donors (Lipinski definition) is 4. The Labute approximate surface area is 317 Å². The first-order valence-electron chi connectivity index (χ1n) is 17.1. The van der Waals surface area contributed by atoms with Gasteiger partial charge >= 0.3 is 5.97 Å². The van der Waals surface area contributed by atoms with Crippen LogP contribution in [0.4, 0.5) is 0 Å². The second kappa shape index (κ2) is 22.3. The first kappa shape index (κ1) is 42.6. The molecule has 0 radical (unpaired) electrons. The maximum Gasteiger partial charge on any atom is 0.335 e. The molecule has 4 N–H and O–H groups in total. The van der Waals surface area contributed by atoms with E-state index in [2.05, 4.69) is 20.6 Å². The molecule has 0 unspecified atom stereocenters. The van der Waals surface area contributed by atoms with Crippen molar-refractivity contribution in [3.05, 3.63) is 66.1 Å². The molecule has 0 fully saturated rings.